The molecule has 0 spiro atoms. The normalized spacial score (nSPS) is 14.8. The SMILES string of the molecule is O=C1Cc2cc(C(O)c3ccc(F)c(Cl)c3)c(Cl)cc2N1. The van der Waals surface area contributed by atoms with Crippen LogP contribution in [0.5, 0.6) is 0 Å². The lowest BCUT2D eigenvalue weighted by molar-refractivity contribution is -0.115. The molecule has 3 rings (SSSR count). The lowest BCUT2D eigenvalue weighted by Crippen LogP contribution is -2.03. The molecule has 21 heavy (non-hydrogen) atoms. The maximum Gasteiger partial charge on any atom is 0.228 e. The fraction of sp³-hybridized carbons (Fsp3) is 0.133. The zero-order chi connectivity index (χ0) is 15.1. The highest BCUT2D eigenvalue weighted by atomic mass is 35.5. The fourth-order valence-corrected chi connectivity index (χ4v) is 2.79. The van der Waals surface area contributed by atoms with Crippen LogP contribution in [-0.2, 0) is 11.2 Å². The van der Waals surface area contributed by atoms with Gasteiger partial charge in [-0.3, -0.25) is 4.79 Å². The molecular weight excluding hydrogens is 316 g/mol. The van der Waals surface area contributed by atoms with Gasteiger partial charge in [0, 0.05) is 16.3 Å². The van der Waals surface area contributed by atoms with E-state index in [1.807, 2.05) is 0 Å². The number of benzene rings is 2. The van der Waals surface area contributed by atoms with Crippen molar-refractivity contribution in [3.05, 3.63) is 62.9 Å². The van der Waals surface area contributed by atoms with Crippen LogP contribution in [0.3, 0.4) is 0 Å². The van der Waals surface area contributed by atoms with Crippen LogP contribution in [0.4, 0.5) is 10.1 Å². The summed E-state index contributed by atoms with van der Waals surface area (Å²) in [5.74, 6) is -0.667. The zero-order valence-electron chi connectivity index (χ0n) is 10.7. The van der Waals surface area contributed by atoms with Crippen LogP contribution in [0.1, 0.15) is 22.8 Å². The summed E-state index contributed by atoms with van der Waals surface area (Å²) in [6, 6.07) is 7.27. The molecule has 0 bridgehead atoms. The van der Waals surface area contributed by atoms with Crippen molar-refractivity contribution >= 4 is 34.8 Å². The Labute approximate surface area is 130 Å². The fourth-order valence-electron chi connectivity index (χ4n) is 2.34. The predicted octanol–water partition coefficient (Wildman–Crippen LogP) is 3.71. The van der Waals surface area contributed by atoms with Gasteiger partial charge in [-0.05, 0) is 35.4 Å². The summed E-state index contributed by atoms with van der Waals surface area (Å²) in [4.78, 5) is 11.4. The second-order valence-electron chi connectivity index (χ2n) is 4.83. The first kappa shape index (κ1) is 14.3. The molecule has 2 aromatic rings. The number of fused-ring (bicyclic) bond motifs is 1. The number of carbonyl (C=O) groups excluding carboxylic acids is 1. The molecule has 108 valence electrons. The average Bonchev–Trinajstić information content (AvgIpc) is 2.79. The lowest BCUT2D eigenvalue weighted by Gasteiger charge is -2.15. The highest BCUT2D eigenvalue weighted by Crippen LogP contribution is 2.35. The Balaban J connectivity index is 2.02. The van der Waals surface area contributed by atoms with Crippen LogP contribution in [-0.4, -0.2) is 11.0 Å². The molecule has 0 aromatic heterocycles. The summed E-state index contributed by atoms with van der Waals surface area (Å²) in [7, 11) is 0. The second kappa shape index (κ2) is 5.30. The van der Waals surface area contributed by atoms with E-state index in [0.29, 0.717) is 21.8 Å². The molecule has 3 nitrogen and oxygen atoms in total. The first-order valence-electron chi connectivity index (χ1n) is 6.21. The number of rotatable bonds is 2. The Morgan fingerprint density at radius 1 is 1.19 bits per heavy atom. The quantitative estimate of drug-likeness (QED) is 0.884. The number of nitrogens with one attached hydrogen (secondary N) is 1. The smallest absolute Gasteiger partial charge is 0.228 e. The molecule has 2 N–H and O–H groups in total. The van der Waals surface area contributed by atoms with Crippen LogP contribution in [0.25, 0.3) is 0 Å². The van der Waals surface area contributed by atoms with Crippen molar-refractivity contribution < 1.29 is 14.3 Å². The molecule has 0 radical (unpaired) electrons. The minimum Gasteiger partial charge on any atom is -0.384 e. The largest absolute Gasteiger partial charge is 0.384 e. The highest BCUT2D eigenvalue weighted by Gasteiger charge is 2.23. The minimum atomic E-state index is -1.04. The Hall–Kier alpha value is -1.62. The number of aliphatic hydroxyl groups excluding tert-OH is 1. The van der Waals surface area contributed by atoms with Crippen molar-refractivity contribution in [1.29, 1.82) is 0 Å². The first-order chi connectivity index (χ1) is 9.95. The van der Waals surface area contributed by atoms with E-state index in [0.717, 1.165) is 5.56 Å². The third-order valence-corrected chi connectivity index (χ3v) is 4.02. The Kier molecular flexibility index (Phi) is 3.61. The topological polar surface area (TPSA) is 49.3 Å². The molecule has 0 aliphatic carbocycles. The maximum atomic E-state index is 13.2. The van der Waals surface area contributed by atoms with Gasteiger partial charge in [-0.25, -0.2) is 4.39 Å². The second-order valence-corrected chi connectivity index (χ2v) is 5.65. The third-order valence-electron chi connectivity index (χ3n) is 3.40. The molecule has 6 heteroatoms. The molecular formula is C15H10Cl2FNO2. The van der Waals surface area contributed by atoms with Gasteiger partial charge < -0.3 is 10.4 Å². The van der Waals surface area contributed by atoms with Gasteiger partial charge in [0.15, 0.2) is 0 Å². The van der Waals surface area contributed by atoms with Crippen molar-refractivity contribution in [2.24, 2.45) is 0 Å². The molecule has 1 aliphatic heterocycles. The number of anilines is 1. The number of aliphatic hydroxyl groups is 1. The predicted molar refractivity (Wildman–Crippen MR) is 79.3 cm³/mol. The molecule has 1 amide bonds. The summed E-state index contributed by atoms with van der Waals surface area (Å²) in [5, 5.41) is 13.4. The first-order valence-corrected chi connectivity index (χ1v) is 6.96. The van der Waals surface area contributed by atoms with E-state index in [1.54, 1.807) is 12.1 Å². The summed E-state index contributed by atoms with van der Waals surface area (Å²) < 4.78 is 13.2. The molecule has 1 unspecified atom stereocenters. The van der Waals surface area contributed by atoms with Crippen LogP contribution < -0.4 is 5.32 Å². The Morgan fingerprint density at radius 3 is 2.67 bits per heavy atom. The van der Waals surface area contributed by atoms with Crippen molar-refractivity contribution in [3.63, 3.8) is 0 Å². The van der Waals surface area contributed by atoms with E-state index in [-0.39, 0.29) is 17.4 Å². The average molecular weight is 326 g/mol. The number of halogens is 3. The van der Waals surface area contributed by atoms with Crippen LogP contribution in [0.2, 0.25) is 10.0 Å². The van der Waals surface area contributed by atoms with Gasteiger partial charge in [0.1, 0.15) is 11.9 Å². The van der Waals surface area contributed by atoms with Crippen molar-refractivity contribution in [2.45, 2.75) is 12.5 Å². The minimum absolute atomic E-state index is 0.0688. The maximum absolute atomic E-state index is 13.2. The van der Waals surface area contributed by atoms with Crippen LogP contribution in [0, 0.1) is 5.82 Å². The number of amides is 1. The monoisotopic (exact) mass is 325 g/mol. The molecule has 0 fully saturated rings. The van der Waals surface area contributed by atoms with Crippen LogP contribution in [0.15, 0.2) is 30.3 Å². The van der Waals surface area contributed by atoms with E-state index in [9.17, 15) is 14.3 Å². The third kappa shape index (κ3) is 2.62. The van der Waals surface area contributed by atoms with E-state index in [1.165, 1.54) is 18.2 Å². The van der Waals surface area contributed by atoms with Gasteiger partial charge in [0.2, 0.25) is 5.91 Å². The number of carbonyl (C=O) groups is 1. The van der Waals surface area contributed by atoms with E-state index >= 15 is 0 Å². The van der Waals surface area contributed by atoms with Crippen molar-refractivity contribution in [1.82, 2.24) is 0 Å². The summed E-state index contributed by atoms with van der Waals surface area (Å²) in [5.41, 5.74) is 2.31. The van der Waals surface area contributed by atoms with Crippen molar-refractivity contribution in [3.8, 4) is 0 Å². The van der Waals surface area contributed by atoms with Crippen LogP contribution >= 0.6 is 23.2 Å². The Morgan fingerprint density at radius 2 is 1.95 bits per heavy atom. The molecule has 1 atom stereocenters. The summed E-state index contributed by atoms with van der Waals surface area (Å²) in [6.07, 6.45) is -0.798. The number of hydrogen-bond donors (Lipinski definition) is 2. The Bertz CT molecular complexity index is 749. The van der Waals surface area contributed by atoms with Gasteiger partial charge in [-0.2, -0.15) is 0 Å². The van der Waals surface area contributed by atoms with Gasteiger partial charge in [-0.1, -0.05) is 29.3 Å². The summed E-state index contributed by atoms with van der Waals surface area (Å²) >= 11 is 11.9. The van der Waals surface area contributed by atoms with Gasteiger partial charge in [0.05, 0.1) is 11.4 Å². The molecule has 1 aliphatic rings. The van der Waals surface area contributed by atoms with E-state index in [4.69, 9.17) is 23.2 Å². The van der Waals surface area contributed by atoms with E-state index in [2.05, 4.69) is 5.32 Å². The van der Waals surface area contributed by atoms with Crippen molar-refractivity contribution in [2.75, 3.05) is 5.32 Å². The molecule has 0 saturated carbocycles. The number of hydrogen-bond acceptors (Lipinski definition) is 2. The standard InChI is InChI=1S/C15H10Cl2FNO2/c16-10-6-13-8(5-14(20)19-13)3-9(10)15(21)7-1-2-12(18)11(17)4-7/h1-4,6,15,21H,5H2,(H,19,20). The lowest BCUT2D eigenvalue weighted by atomic mass is 9.98. The van der Waals surface area contributed by atoms with Gasteiger partial charge in [-0.15, -0.1) is 0 Å². The molecule has 0 saturated heterocycles. The molecule has 2 aromatic carbocycles. The zero-order valence-corrected chi connectivity index (χ0v) is 12.2. The summed E-state index contributed by atoms with van der Waals surface area (Å²) in [6.45, 7) is 0. The van der Waals surface area contributed by atoms with Gasteiger partial charge >= 0.3 is 0 Å². The highest BCUT2D eigenvalue weighted by molar-refractivity contribution is 6.32. The molecule has 1 heterocycles. The van der Waals surface area contributed by atoms with E-state index < -0.39 is 11.9 Å². The van der Waals surface area contributed by atoms with Gasteiger partial charge in [0.25, 0.3) is 0 Å².